The summed E-state index contributed by atoms with van der Waals surface area (Å²) < 4.78 is 0. The van der Waals surface area contributed by atoms with Gasteiger partial charge in [-0.15, -0.1) is 0 Å². The topological polar surface area (TPSA) is 45.2 Å². The Hall–Kier alpha value is -1.84. The quantitative estimate of drug-likeness (QED) is 0.839. The zero-order valence-electron chi connectivity index (χ0n) is 12.3. The first-order chi connectivity index (χ1) is 9.69. The highest BCUT2D eigenvalue weighted by atomic mass is 16.1. The number of carbonyl (C=O) groups is 1. The molecule has 1 saturated heterocycles. The highest BCUT2D eigenvalue weighted by Gasteiger charge is 2.13. The van der Waals surface area contributed by atoms with Gasteiger partial charge >= 0.3 is 0 Å². The van der Waals surface area contributed by atoms with E-state index in [1.54, 1.807) is 12.3 Å². The summed E-state index contributed by atoms with van der Waals surface area (Å²) in [4.78, 5) is 18.5. The van der Waals surface area contributed by atoms with E-state index in [2.05, 4.69) is 22.1 Å². The highest BCUT2D eigenvalue weighted by Crippen LogP contribution is 2.15. The smallest absolute Gasteiger partial charge is 0.245 e. The molecule has 1 fully saturated rings. The zero-order chi connectivity index (χ0) is 14.4. The number of nitrogens with one attached hydrogen (secondary N) is 1. The van der Waals surface area contributed by atoms with Crippen LogP contribution in [0, 0.1) is 6.92 Å². The number of rotatable bonds is 5. The van der Waals surface area contributed by atoms with Crippen molar-refractivity contribution in [2.24, 2.45) is 0 Å². The lowest BCUT2D eigenvalue weighted by atomic mass is 10.1. The first kappa shape index (κ1) is 14.6. The van der Waals surface area contributed by atoms with Gasteiger partial charge in [-0.1, -0.05) is 6.92 Å². The van der Waals surface area contributed by atoms with Gasteiger partial charge in [0.1, 0.15) is 0 Å². The summed E-state index contributed by atoms with van der Waals surface area (Å²) in [5.74, 6) is -0.0490. The molecule has 108 valence electrons. The van der Waals surface area contributed by atoms with Crippen LogP contribution in [0.25, 0.3) is 0 Å². The van der Waals surface area contributed by atoms with Gasteiger partial charge in [0, 0.05) is 31.6 Å². The van der Waals surface area contributed by atoms with Gasteiger partial charge < -0.3 is 10.2 Å². The first-order valence-electron chi connectivity index (χ1n) is 7.34. The number of pyridine rings is 1. The fourth-order valence-electron chi connectivity index (χ4n) is 2.42. The minimum Gasteiger partial charge on any atom is -0.377 e. The third-order valence-corrected chi connectivity index (χ3v) is 3.60. The maximum Gasteiger partial charge on any atom is 0.245 e. The minimum atomic E-state index is -0.0490. The molecule has 0 saturated carbocycles. The van der Waals surface area contributed by atoms with Crippen LogP contribution in [0.1, 0.15) is 43.5 Å². The Labute approximate surface area is 120 Å². The number of likely N-dealkylation sites (tertiary alicyclic amines) is 1. The molecule has 4 heteroatoms. The molecule has 1 N–H and O–H groups in total. The fourth-order valence-corrected chi connectivity index (χ4v) is 2.42. The molecule has 0 spiro atoms. The van der Waals surface area contributed by atoms with E-state index in [1.807, 2.05) is 25.3 Å². The third-order valence-electron chi connectivity index (χ3n) is 3.60. The van der Waals surface area contributed by atoms with Crippen molar-refractivity contribution < 1.29 is 4.79 Å². The van der Waals surface area contributed by atoms with Crippen LogP contribution in [-0.2, 0) is 4.79 Å². The Morgan fingerprint density at radius 1 is 1.50 bits per heavy atom. The molecule has 1 atom stereocenters. The maximum absolute atomic E-state index is 12.0. The van der Waals surface area contributed by atoms with E-state index >= 15 is 0 Å². The summed E-state index contributed by atoms with van der Waals surface area (Å²) in [5, 5.41) is 3.02. The lowest BCUT2D eigenvalue weighted by Gasteiger charge is -2.16. The second-order valence-corrected chi connectivity index (χ2v) is 5.29. The Bertz CT molecular complexity index is 478. The number of nitrogens with zero attached hydrogens (tertiary/aromatic N) is 2. The number of hydrogen-bond donors (Lipinski definition) is 1. The molecule has 1 amide bonds. The lowest BCUT2D eigenvalue weighted by molar-refractivity contribution is -0.117. The Balaban J connectivity index is 1.93. The largest absolute Gasteiger partial charge is 0.377 e. The molecule has 0 bridgehead atoms. The molecule has 0 radical (unpaired) electrons. The summed E-state index contributed by atoms with van der Waals surface area (Å²) >= 11 is 0. The molecular weight excluding hydrogens is 250 g/mol. The number of aromatic nitrogens is 1. The molecule has 0 aliphatic carbocycles. The lowest BCUT2D eigenvalue weighted by Crippen LogP contribution is -2.27. The Morgan fingerprint density at radius 3 is 2.90 bits per heavy atom. The molecule has 1 aromatic rings. The van der Waals surface area contributed by atoms with Crippen molar-refractivity contribution in [2.45, 2.75) is 39.2 Å². The van der Waals surface area contributed by atoms with Gasteiger partial charge in [-0.05, 0) is 43.9 Å². The van der Waals surface area contributed by atoms with E-state index in [4.69, 9.17) is 0 Å². The molecule has 0 aromatic carbocycles. The number of hydrogen-bond acceptors (Lipinski definition) is 3. The van der Waals surface area contributed by atoms with Gasteiger partial charge in [0.25, 0.3) is 0 Å². The van der Waals surface area contributed by atoms with E-state index in [1.165, 1.54) is 12.8 Å². The average molecular weight is 273 g/mol. The van der Waals surface area contributed by atoms with Gasteiger partial charge in [-0.25, -0.2) is 0 Å². The molecule has 1 unspecified atom stereocenters. The van der Waals surface area contributed by atoms with Crippen molar-refractivity contribution in [1.82, 2.24) is 15.2 Å². The number of aryl methyl sites for hydroxylation is 1. The van der Waals surface area contributed by atoms with E-state index in [9.17, 15) is 4.79 Å². The maximum atomic E-state index is 12.0. The van der Waals surface area contributed by atoms with Crippen molar-refractivity contribution >= 4 is 5.91 Å². The summed E-state index contributed by atoms with van der Waals surface area (Å²) in [7, 11) is 0. The summed E-state index contributed by atoms with van der Waals surface area (Å²) in [6, 6.07) is 3.97. The zero-order valence-corrected chi connectivity index (χ0v) is 12.3. The molecule has 1 aliphatic heterocycles. The molecule has 20 heavy (non-hydrogen) atoms. The summed E-state index contributed by atoms with van der Waals surface area (Å²) in [6.07, 6.45) is 8.59. The summed E-state index contributed by atoms with van der Waals surface area (Å²) in [6.45, 7) is 6.20. The Kier molecular flexibility index (Phi) is 5.16. The molecule has 1 aromatic heterocycles. The van der Waals surface area contributed by atoms with Gasteiger partial charge in [0.05, 0.1) is 11.7 Å². The van der Waals surface area contributed by atoms with E-state index in [-0.39, 0.29) is 11.9 Å². The third kappa shape index (κ3) is 4.08. The summed E-state index contributed by atoms with van der Waals surface area (Å²) in [5.41, 5.74) is 2.09. The van der Waals surface area contributed by atoms with Crippen LogP contribution >= 0.6 is 0 Å². The van der Waals surface area contributed by atoms with Crippen LogP contribution in [-0.4, -0.2) is 28.9 Å². The molecule has 2 rings (SSSR count). The van der Waals surface area contributed by atoms with Crippen LogP contribution in [0.3, 0.4) is 0 Å². The number of amides is 1. The van der Waals surface area contributed by atoms with Crippen LogP contribution in [0.5, 0.6) is 0 Å². The van der Waals surface area contributed by atoms with E-state index < -0.39 is 0 Å². The monoisotopic (exact) mass is 273 g/mol. The van der Waals surface area contributed by atoms with Crippen LogP contribution in [0.15, 0.2) is 30.6 Å². The van der Waals surface area contributed by atoms with Gasteiger partial charge in [-0.2, -0.15) is 0 Å². The van der Waals surface area contributed by atoms with E-state index in [0.29, 0.717) is 0 Å². The van der Waals surface area contributed by atoms with Crippen LogP contribution < -0.4 is 5.32 Å². The van der Waals surface area contributed by atoms with Gasteiger partial charge in [-0.3, -0.25) is 9.78 Å². The Morgan fingerprint density at radius 2 is 2.25 bits per heavy atom. The standard InChI is InChI=1S/C16H23N3O/c1-3-14(15-12-13(2)6-8-17-15)18-16(20)7-11-19-9-4-5-10-19/h6-8,11-12,14H,3-5,9-10H2,1-2H3,(H,18,20). The predicted octanol–water partition coefficient (Wildman–Crippen LogP) is 2.57. The normalized spacial score (nSPS) is 16.6. The van der Waals surface area contributed by atoms with Crippen molar-refractivity contribution in [1.29, 1.82) is 0 Å². The van der Waals surface area contributed by atoms with Gasteiger partial charge in [0.2, 0.25) is 5.91 Å². The predicted molar refractivity (Wildman–Crippen MR) is 80.1 cm³/mol. The molecular formula is C16H23N3O. The average Bonchev–Trinajstić information content (AvgIpc) is 2.96. The fraction of sp³-hybridized carbons (Fsp3) is 0.500. The second kappa shape index (κ2) is 7.08. The SMILES string of the molecule is CCC(NC(=O)C=CN1CCCC1)c1cc(C)ccn1. The van der Waals surface area contributed by atoms with Crippen molar-refractivity contribution in [2.75, 3.05) is 13.1 Å². The number of carbonyl (C=O) groups excluding carboxylic acids is 1. The first-order valence-corrected chi connectivity index (χ1v) is 7.34. The molecule has 2 heterocycles. The van der Waals surface area contributed by atoms with E-state index in [0.717, 1.165) is 30.8 Å². The van der Waals surface area contributed by atoms with Crippen LogP contribution in [0.2, 0.25) is 0 Å². The van der Waals surface area contributed by atoms with Crippen molar-refractivity contribution in [3.05, 3.63) is 41.9 Å². The van der Waals surface area contributed by atoms with Crippen molar-refractivity contribution in [3.63, 3.8) is 0 Å². The van der Waals surface area contributed by atoms with Crippen LogP contribution in [0.4, 0.5) is 0 Å². The highest BCUT2D eigenvalue weighted by molar-refractivity contribution is 5.87. The second-order valence-electron chi connectivity index (χ2n) is 5.29. The van der Waals surface area contributed by atoms with Gasteiger partial charge in [0.15, 0.2) is 0 Å². The molecule has 4 nitrogen and oxygen atoms in total. The molecule has 1 aliphatic rings. The van der Waals surface area contributed by atoms with Crippen molar-refractivity contribution in [3.8, 4) is 0 Å². The minimum absolute atomic E-state index is 0.0226.